The average Bonchev–Trinajstić information content (AvgIpc) is 2.91. The van der Waals surface area contributed by atoms with E-state index in [0.29, 0.717) is 25.2 Å². The van der Waals surface area contributed by atoms with E-state index in [1.54, 1.807) is 19.9 Å². The Morgan fingerprint density at radius 1 is 1.04 bits per heavy atom. The lowest BCUT2D eigenvalue weighted by molar-refractivity contribution is 0.445. The zero-order chi connectivity index (χ0) is 18.0. The van der Waals surface area contributed by atoms with Gasteiger partial charge in [-0.3, -0.25) is 4.57 Å². The second-order valence-corrected chi connectivity index (χ2v) is 7.60. The van der Waals surface area contributed by atoms with Gasteiger partial charge in [-0.15, -0.1) is 0 Å². The molecule has 0 saturated carbocycles. The van der Waals surface area contributed by atoms with Crippen LogP contribution in [0.3, 0.4) is 0 Å². The number of oxazole rings is 1. The lowest BCUT2D eigenvalue weighted by atomic mass is 10.2. The highest BCUT2D eigenvalue weighted by molar-refractivity contribution is 7.89. The molecule has 0 aliphatic heterocycles. The molecule has 1 heterocycles. The van der Waals surface area contributed by atoms with Gasteiger partial charge in [0.25, 0.3) is 0 Å². The summed E-state index contributed by atoms with van der Waals surface area (Å²) in [5.41, 5.74) is 1.81. The number of aromatic nitrogens is 1. The number of rotatable bonds is 6. The Kier molecular flexibility index (Phi) is 4.78. The number of hydrogen-bond donors (Lipinski definition) is 0. The van der Waals surface area contributed by atoms with Crippen LogP contribution < -0.4 is 5.76 Å². The van der Waals surface area contributed by atoms with Crippen molar-refractivity contribution in [2.45, 2.75) is 25.3 Å². The van der Waals surface area contributed by atoms with E-state index in [1.165, 1.54) is 21.0 Å². The van der Waals surface area contributed by atoms with E-state index in [4.69, 9.17) is 4.42 Å². The molecule has 0 saturated heterocycles. The highest BCUT2D eigenvalue weighted by Gasteiger charge is 2.23. The number of hydrogen-bond acceptors (Lipinski definition) is 4. The van der Waals surface area contributed by atoms with Crippen LogP contribution in [0.2, 0.25) is 0 Å². The van der Waals surface area contributed by atoms with Crippen LogP contribution in [0.15, 0.2) is 62.6 Å². The molecule has 0 aliphatic rings. The molecule has 0 radical (unpaired) electrons. The summed E-state index contributed by atoms with van der Waals surface area (Å²) in [6.45, 7) is 4.71. The zero-order valence-electron chi connectivity index (χ0n) is 14.2. The second-order valence-electron chi connectivity index (χ2n) is 5.66. The third-order valence-corrected chi connectivity index (χ3v) is 6.21. The Labute approximate surface area is 146 Å². The van der Waals surface area contributed by atoms with E-state index in [1.807, 2.05) is 30.3 Å². The number of nitrogens with zero attached hydrogens (tertiary/aromatic N) is 2. The quantitative estimate of drug-likeness (QED) is 0.677. The predicted octanol–water partition coefficient (Wildman–Crippen LogP) is 2.67. The van der Waals surface area contributed by atoms with Crippen LogP contribution >= 0.6 is 0 Å². The molecule has 0 N–H and O–H groups in total. The Morgan fingerprint density at radius 2 is 1.72 bits per heavy atom. The molecule has 25 heavy (non-hydrogen) atoms. The van der Waals surface area contributed by atoms with Crippen LogP contribution in [0.4, 0.5) is 0 Å². The van der Waals surface area contributed by atoms with Gasteiger partial charge in [-0.2, -0.15) is 4.31 Å². The summed E-state index contributed by atoms with van der Waals surface area (Å²) >= 11 is 0. The van der Waals surface area contributed by atoms with Crippen LogP contribution in [0.1, 0.15) is 19.4 Å². The molecule has 132 valence electrons. The van der Waals surface area contributed by atoms with E-state index in [0.717, 1.165) is 5.56 Å². The molecule has 0 unspecified atom stereocenters. The summed E-state index contributed by atoms with van der Waals surface area (Å²) < 4.78 is 33.4. The van der Waals surface area contributed by atoms with Gasteiger partial charge in [0.05, 0.1) is 17.0 Å². The van der Waals surface area contributed by atoms with Gasteiger partial charge in [-0.25, -0.2) is 13.2 Å². The standard InChI is InChI=1S/C18H20N2O4S/c1-3-19(4-2)25(22,23)15-10-11-16-17(12-15)24-18(21)20(16)13-14-8-6-5-7-9-14/h5-12H,3-4,13H2,1-2H3. The van der Waals surface area contributed by atoms with Crippen molar-refractivity contribution in [2.75, 3.05) is 13.1 Å². The summed E-state index contributed by atoms with van der Waals surface area (Å²) in [5, 5.41) is 0. The van der Waals surface area contributed by atoms with Crippen molar-refractivity contribution in [1.29, 1.82) is 0 Å². The minimum absolute atomic E-state index is 0.129. The molecule has 0 amide bonds. The lowest BCUT2D eigenvalue weighted by Crippen LogP contribution is -2.30. The SMILES string of the molecule is CCN(CC)S(=O)(=O)c1ccc2c(c1)oc(=O)n2Cc1ccccc1. The van der Waals surface area contributed by atoms with Crippen LogP contribution in [-0.4, -0.2) is 30.4 Å². The Morgan fingerprint density at radius 3 is 2.36 bits per heavy atom. The maximum Gasteiger partial charge on any atom is 0.420 e. The van der Waals surface area contributed by atoms with E-state index >= 15 is 0 Å². The number of fused-ring (bicyclic) bond motifs is 1. The molecule has 7 heteroatoms. The molecule has 3 rings (SSSR count). The first-order valence-electron chi connectivity index (χ1n) is 8.14. The molecule has 0 spiro atoms. The van der Waals surface area contributed by atoms with Crippen molar-refractivity contribution in [1.82, 2.24) is 8.87 Å². The molecule has 0 bridgehead atoms. The second kappa shape index (κ2) is 6.85. The molecule has 1 aromatic heterocycles. The Hall–Kier alpha value is -2.38. The van der Waals surface area contributed by atoms with Gasteiger partial charge < -0.3 is 4.42 Å². The summed E-state index contributed by atoms with van der Waals surface area (Å²) in [4.78, 5) is 12.3. The predicted molar refractivity (Wildman–Crippen MR) is 96.1 cm³/mol. The third-order valence-electron chi connectivity index (χ3n) is 4.17. The molecular formula is C18H20N2O4S. The summed E-state index contributed by atoms with van der Waals surface area (Å²) in [5.74, 6) is -0.503. The topological polar surface area (TPSA) is 72.5 Å². The van der Waals surface area contributed by atoms with Gasteiger partial charge in [0.1, 0.15) is 0 Å². The van der Waals surface area contributed by atoms with E-state index < -0.39 is 15.8 Å². The monoisotopic (exact) mass is 360 g/mol. The summed E-state index contributed by atoms with van der Waals surface area (Å²) in [7, 11) is -3.59. The Bertz CT molecular complexity index is 1030. The first-order valence-corrected chi connectivity index (χ1v) is 9.58. The smallest absolute Gasteiger partial charge is 0.408 e. The average molecular weight is 360 g/mol. The van der Waals surface area contributed by atoms with Crippen LogP contribution in [0.5, 0.6) is 0 Å². The summed E-state index contributed by atoms with van der Waals surface area (Å²) in [6, 6.07) is 14.1. The van der Waals surface area contributed by atoms with Crippen molar-refractivity contribution >= 4 is 21.1 Å². The van der Waals surface area contributed by atoms with Crippen molar-refractivity contribution < 1.29 is 12.8 Å². The van der Waals surface area contributed by atoms with Gasteiger partial charge in [0.2, 0.25) is 10.0 Å². The van der Waals surface area contributed by atoms with Crippen LogP contribution in [0.25, 0.3) is 11.1 Å². The molecule has 6 nitrogen and oxygen atoms in total. The van der Waals surface area contributed by atoms with Crippen molar-refractivity contribution in [2.24, 2.45) is 0 Å². The molecule has 0 fully saturated rings. The summed E-state index contributed by atoms with van der Waals surface area (Å²) in [6.07, 6.45) is 0. The van der Waals surface area contributed by atoms with E-state index in [2.05, 4.69) is 0 Å². The van der Waals surface area contributed by atoms with Gasteiger partial charge in [0, 0.05) is 19.2 Å². The van der Waals surface area contributed by atoms with Gasteiger partial charge in [-0.1, -0.05) is 44.2 Å². The van der Waals surface area contributed by atoms with Gasteiger partial charge in [0.15, 0.2) is 5.58 Å². The molecule has 2 aromatic carbocycles. The minimum Gasteiger partial charge on any atom is -0.408 e. The van der Waals surface area contributed by atoms with Crippen molar-refractivity contribution in [3.63, 3.8) is 0 Å². The molecular weight excluding hydrogens is 340 g/mol. The normalized spacial score (nSPS) is 12.1. The van der Waals surface area contributed by atoms with Crippen molar-refractivity contribution in [3.8, 4) is 0 Å². The third kappa shape index (κ3) is 3.25. The fourth-order valence-corrected chi connectivity index (χ4v) is 4.31. The fourth-order valence-electron chi connectivity index (χ4n) is 2.84. The van der Waals surface area contributed by atoms with Gasteiger partial charge in [-0.05, 0) is 17.7 Å². The molecule has 0 aliphatic carbocycles. The number of benzene rings is 2. The number of sulfonamides is 1. The van der Waals surface area contributed by atoms with E-state index in [9.17, 15) is 13.2 Å². The maximum absolute atomic E-state index is 12.6. The van der Waals surface area contributed by atoms with Gasteiger partial charge >= 0.3 is 5.76 Å². The fraction of sp³-hybridized carbons (Fsp3) is 0.278. The highest BCUT2D eigenvalue weighted by atomic mass is 32.2. The zero-order valence-corrected chi connectivity index (χ0v) is 15.0. The first-order chi connectivity index (χ1) is 12.0. The Balaban J connectivity index is 2.05. The van der Waals surface area contributed by atoms with Crippen molar-refractivity contribution in [3.05, 3.63) is 64.6 Å². The van der Waals surface area contributed by atoms with Crippen LogP contribution in [-0.2, 0) is 16.6 Å². The molecule has 0 atom stereocenters. The largest absolute Gasteiger partial charge is 0.420 e. The lowest BCUT2D eigenvalue weighted by Gasteiger charge is -2.18. The van der Waals surface area contributed by atoms with E-state index in [-0.39, 0.29) is 10.5 Å². The molecule has 3 aromatic rings. The maximum atomic E-state index is 12.6. The van der Waals surface area contributed by atoms with Crippen LogP contribution in [0, 0.1) is 0 Å². The minimum atomic E-state index is -3.59. The first kappa shape index (κ1) is 17.4. The highest BCUT2D eigenvalue weighted by Crippen LogP contribution is 2.22.